The van der Waals surface area contributed by atoms with Crippen LogP contribution in [-0.4, -0.2) is 41.3 Å². The summed E-state index contributed by atoms with van der Waals surface area (Å²) in [6.45, 7) is 4.80. The van der Waals surface area contributed by atoms with Gasteiger partial charge in [-0.3, -0.25) is 9.67 Å². The predicted octanol–water partition coefficient (Wildman–Crippen LogP) is 3.36. The van der Waals surface area contributed by atoms with Gasteiger partial charge in [0, 0.05) is 39.6 Å². The predicted molar refractivity (Wildman–Crippen MR) is 111 cm³/mol. The number of hydrogen-bond donors (Lipinski definition) is 1. The fourth-order valence-electron chi connectivity index (χ4n) is 2.49. The molecule has 1 aromatic heterocycles. The van der Waals surface area contributed by atoms with Gasteiger partial charge in [0.25, 0.3) is 0 Å². The molecule has 0 radical (unpaired) electrons. The number of guanidine groups is 1. The van der Waals surface area contributed by atoms with Gasteiger partial charge in [0.05, 0.1) is 6.54 Å². The highest BCUT2D eigenvalue weighted by Gasteiger charge is 2.05. The highest BCUT2D eigenvalue weighted by Crippen LogP contribution is 2.07. The fourth-order valence-corrected chi connectivity index (χ4v) is 2.49. The van der Waals surface area contributed by atoms with Gasteiger partial charge < -0.3 is 10.2 Å². The molecule has 0 aliphatic carbocycles. The average Bonchev–Trinajstić information content (AvgIpc) is 3.06. The lowest BCUT2D eigenvalue weighted by Crippen LogP contribution is -2.38. The van der Waals surface area contributed by atoms with E-state index in [1.165, 1.54) is 24.0 Å². The Morgan fingerprint density at radius 1 is 1.29 bits per heavy atom. The number of rotatable bonds is 7. The van der Waals surface area contributed by atoms with Crippen LogP contribution < -0.4 is 5.32 Å². The summed E-state index contributed by atoms with van der Waals surface area (Å²) >= 11 is 0. The Balaban J connectivity index is 0.00000288. The maximum atomic E-state index is 4.36. The standard InChI is InChI=1S/C18H27N5.HI/c1-4-5-11-22(3)18(19-2)20-14-16-8-6-9-17(13-16)15-23-12-7-10-21-23;/h6-10,12-13H,4-5,11,14-15H2,1-3H3,(H,19,20);1H. The number of aromatic nitrogens is 2. The van der Waals surface area contributed by atoms with Crippen LogP contribution in [0.4, 0.5) is 0 Å². The molecule has 0 aliphatic rings. The number of unbranched alkanes of at least 4 members (excludes halogenated alkanes) is 1. The number of benzene rings is 1. The summed E-state index contributed by atoms with van der Waals surface area (Å²) < 4.78 is 1.93. The van der Waals surface area contributed by atoms with Gasteiger partial charge in [-0.25, -0.2) is 0 Å². The number of nitrogens with one attached hydrogen (secondary N) is 1. The molecule has 0 unspecified atom stereocenters. The Labute approximate surface area is 162 Å². The van der Waals surface area contributed by atoms with E-state index in [4.69, 9.17) is 0 Å². The van der Waals surface area contributed by atoms with E-state index in [1.54, 1.807) is 0 Å². The first-order valence-electron chi connectivity index (χ1n) is 8.20. The van der Waals surface area contributed by atoms with Crippen molar-refractivity contribution >= 4 is 29.9 Å². The number of nitrogens with zero attached hydrogens (tertiary/aromatic N) is 4. The molecule has 0 aliphatic heterocycles. The molecule has 2 rings (SSSR count). The van der Waals surface area contributed by atoms with Crippen molar-refractivity contribution in [1.82, 2.24) is 20.0 Å². The van der Waals surface area contributed by atoms with E-state index in [-0.39, 0.29) is 24.0 Å². The van der Waals surface area contributed by atoms with Gasteiger partial charge in [-0.15, -0.1) is 24.0 Å². The van der Waals surface area contributed by atoms with Crippen LogP contribution in [0.25, 0.3) is 0 Å². The van der Waals surface area contributed by atoms with Gasteiger partial charge >= 0.3 is 0 Å². The molecule has 0 spiro atoms. The van der Waals surface area contributed by atoms with Crippen LogP contribution >= 0.6 is 24.0 Å². The maximum Gasteiger partial charge on any atom is 0.193 e. The largest absolute Gasteiger partial charge is 0.352 e. The van der Waals surface area contributed by atoms with Crippen LogP contribution in [0.15, 0.2) is 47.7 Å². The minimum Gasteiger partial charge on any atom is -0.352 e. The van der Waals surface area contributed by atoms with Crippen molar-refractivity contribution in [2.24, 2.45) is 4.99 Å². The first-order chi connectivity index (χ1) is 11.2. The van der Waals surface area contributed by atoms with Gasteiger partial charge in [0.1, 0.15) is 0 Å². The summed E-state index contributed by atoms with van der Waals surface area (Å²) in [5, 5.41) is 7.69. The first kappa shape index (κ1) is 20.5. The smallest absolute Gasteiger partial charge is 0.193 e. The Morgan fingerprint density at radius 2 is 2.08 bits per heavy atom. The van der Waals surface area contributed by atoms with Gasteiger partial charge in [-0.05, 0) is 23.6 Å². The second-order valence-electron chi connectivity index (χ2n) is 5.70. The molecule has 1 heterocycles. The Hall–Kier alpha value is -1.57. The minimum atomic E-state index is 0. The molecule has 6 heteroatoms. The van der Waals surface area contributed by atoms with E-state index >= 15 is 0 Å². The molecule has 0 bridgehead atoms. The third kappa shape index (κ3) is 6.51. The normalized spacial score (nSPS) is 11.0. The minimum absolute atomic E-state index is 0. The number of hydrogen-bond acceptors (Lipinski definition) is 2. The third-order valence-corrected chi connectivity index (χ3v) is 3.77. The van der Waals surface area contributed by atoms with Crippen molar-refractivity contribution < 1.29 is 0 Å². The van der Waals surface area contributed by atoms with Crippen LogP contribution in [0.5, 0.6) is 0 Å². The van der Waals surface area contributed by atoms with E-state index in [0.29, 0.717) is 0 Å². The lowest BCUT2D eigenvalue weighted by atomic mass is 10.1. The zero-order valence-electron chi connectivity index (χ0n) is 14.8. The molecule has 1 aromatic carbocycles. The van der Waals surface area contributed by atoms with Gasteiger partial charge in [-0.2, -0.15) is 5.10 Å². The van der Waals surface area contributed by atoms with Crippen LogP contribution in [0, 0.1) is 0 Å². The van der Waals surface area contributed by atoms with Crippen molar-refractivity contribution in [3.63, 3.8) is 0 Å². The average molecular weight is 441 g/mol. The topological polar surface area (TPSA) is 45.5 Å². The molecule has 0 saturated carbocycles. The second kappa shape index (κ2) is 11.1. The van der Waals surface area contributed by atoms with E-state index in [1.807, 2.05) is 30.2 Å². The summed E-state index contributed by atoms with van der Waals surface area (Å²) in [5.41, 5.74) is 2.50. The zero-order valence-corrected chi connectivity index (χ0v) is 17.1. The third-order valence-electron chi connectivity index (χ3n) is 3.77. The highest BCUT2D eigenvalue weighted by molar-refractivity contribution is 14.0. The monoisotopic (exact) mass is 441 g/mol. The molecular weight excluding hydrogens is 413 g/mol. The lowest BCUT2D eigenvalue weighted by Gasteiger charge is -2.22. The van der Waals surface area contributed by atoms with Crippen molar-refractivity contribution in [2.75, 3.05) is 20.6 Å². The molecule has 24 heavy (non-hydrogen) atoms. The molecular formula is C18H28IN5. The summed E-state index contributed by atoms with van der Waals surface area (Å²) in [6.07, 6.45) is 6.16. The zero-order chi connectivity index (χ0) is 16.5. The van der Waals surface area contributed by atoms with Crippen molar-refractivity contribution in [1.29, 1.82) is 0 Å². The van der Waals surface area contributed by atoms with Crippen molar-refractivity contribution in [3.05, 3.63) is 53.9 Å². The van der Waals surface area contributed by atoms with Crippen LogP contribution in [0.1, 0.15) is 30.9 Å². The quantitative estimate of drug-likeness (QED) is 0.407. The lowest BCUT2D eigenvalue weighted by molar-refractivity contribution is 0.464. The number of halogens is 1. The van der Waals surface area contributed by atoms with Gasteiger partial charge in [0.2, 0.25) is 0 Å². The molecule has 5 nitrogen and oxygen atoms in total. The summed E-state index contributed by atoms with van der Waals surface area (Å²) in [4.78, 5) is 6.53. The van der Waals surface area contributed by atoms with Crippen LogP contribution in [-0.2, 0) is 13.1 Å². The molecule has 0 amide bonds. The Bertz CT molecular complexity index is 610. The molecule has 0 saturated heterocycles. The van der Waals surface area contributed by atoms with Gasteiger partial charge in [-0.1, -0.05) is 37.6 Å². The molecule has 132 valence electrons. The van der Waals surface area contributed by atoms with Crippen molar-refractivity contribution in [3.8, 4) is 0 Å². The van der Waals surface area contributed by atoms with Crippen LogP contribution in [0.3, 0.4) is 0 Å². The molecule has 2 aromatic rings. The maximum absolute atomic E-state index is 4.36. The summed E-state index contributed by atoms with van der Waals surface area (Å²) in [7, 11) is 3.91. The van der Waals surface area contributed by atoms with E-state index in [2.05, 4.69) is 58.5 Å². The molecule has 0 fully saturated rings. The first-order valence-corrected chi connectivity index (χ1v) is 8.20. The van der Waals surface area contributed by atoms with E-state index in [0.717, 1.165) is 25.6 Å². The highest BCUT2D eigenvalue weighted by atomic mass is 127. The number of aliphatic imine (C=N–C) groups is 1. The Morgan fingerprint density at radius 3 is 2.75 bits per heavy atom. The molecule has 1 N–H and O–H groups in total. The SMILES string of the molecule is CCCCN(C)C(=NC)NCc1cccc(Cn2cccn2)c1.I. The Kier molecular flexibility index (Phi) is 9.44. The second-order valence-corrected chi connectivity index (χ2v) is 5.70. The van der Waals surface area contributed by atoms with Crippen LogP contribution in [0.2, 0.25) is 0 Å². The summed E-state index contributed by atoms with van der Waals surface area (Å²) in [5.74, 6) is 0.941. The van der Waals surface area contributed by atoms with E-state index < -0.39 is 0 Å². The van der Waals surface area contributed by atoms with Gasteiger partial charge in [0.15, 0.2) is 5.96 Å². The van der Waals surface area contributed by atoms with Crippen molar-refractivity contribution in [2.45, 2.75) is 32.9 Å². The summed E-state index contributed by atoms with van der Waals surface area (Å²) in [6, 6.07) is 10.5. The molecule has 0 atom stereocenters. The fraction of sp³-hybridized carbons (Fsp3) is 0.444. The van der Waals surface area contributed by atoms with E-state index in [9.17, 15) is 0 Å².